The van der Waals surface area contributed by atoms with Crippen molar-refractivity contribution in [1.29, 1.82) is 0 Å². The van der Waals surface area contributed by atoms with Gasteiger partial charge in [0.15, 0.2) is 0 Å². The third-order valence-corrected chi connectivity index (χ3v) is 2.48. The number of hydrogen-bond acceptors (Lipinski definition) is 2. The average Bonchev–Trinajstić information content (AvgIpc) is 2.03. The second kappa shape index (κ2) is 6.57. The quantitative estimate of drug-likeness (QED) is 0.455. The van der Waals surface area contributed by atoms with Gasteiger partial charge in [-0.05, 0) is 18.8 Å². The Morgan fingerprint density at radius 3 is 2.33 bits per heavy atom. The third kappa shape index (κ3) is 4.85. The summed E-state index contributed by atoms with van der Waals surface area (Å²) in [5.41, 5.74) is 0. The molecule has 1 aliphatic carbocycles. The Bertz CT molecular complexity index is 130. The van der Waals surface area contributed by atoms with Gasteiger partial charge in [-0.25, -0.2) is 0 Å². The molecule has 0 aromatic heterocycles. The minimum atomic E-state index is -0.893. The largest absolute Gasteiger partial charge is 1.00 e. The maximum absolute atomic E-state index is 10.1. The predicted molar refractivity (Wildman–Crippen MR) is 40.8 cm³/mol. The maximum atomic E-state index is 10.1. The molecule has 0 spiro atoms. The van der Waals surface area contributed by atoms with E-state index in [1.165, 1.54) is 32.1 Å². The zero-order valence-electron chi connectivity index (χ0n) is 7.84. The molecular formula is C9H15LiO2. The monoisotopic (exact) mass is 162 g/mol. The van der Waals surface area contributed by atoms with Gasteiger partial charge in [-0.2, -0.15) is 0 Å². The van der Waals surface area contributed by atoms with E-state index in [9.17, 15) is 9.90 Å². The van der Waals surface area contributed by atoms with Crippen molar-refractivity contribution in [3.63, 3.8) is 0 Å². The van der Waals surface area contributed by atoms with E-state index in [0.29, 0.717) is 5.92 Å². The molecule has 0 radical (unpaired) electrons. The molecule has 0 aromatic rings. The van der Waals surface area contributed by atoms with Crippen molar-refractivity contribution in [3.05, 3.63) is 0 Å². The standard InChI is InChI=1S/C9H16O2.Li/c10-9(11)7-6-8-4-2-1-3-5-8;/h8H,1-7H2,(H,10,11);/q;+1/p-1. The Morgan fingerprint density at radius 1 is 1.25 bits per heavy atom. The Balaban J connectivity index is 0.00000121. The van der Waals surface area contributed by atoms with Gasteiger partial charge in [0, 0.05) is 5.97 Å². The first-order valence-corrected chi connectivity index (χ1v) is 4.49. The molecule has 64 valence electrons. The van der Waals surface area contributed by atoms with Crippen LogP contribution in [-0.4, -0.2) is 5.97 Å². The van der Waals surface area contributed by atoms with E-state index in [0.717, 1.165) is 6.42 Å². The number of carboxylic acid groups (broad SMARTS) is 1. The minimum Gasteiger partial charge on any atom is -0.550 e. The maximum Gasteiger partial charge on any atom is 1.00 e. The van der Waals surface area contributed by atoms with Crippen LogP contribution in [0.25, 0.3) is 0 Å². The van der Waals surface area contributed by atoms with E-state index in [-0.39, 0.29) is 25.3 Å². The summed E-state index contributed by atoms with van der Waals surface area (Å²) < 4.78 is 0. The molecule has 0 aromatic carbocycles. The Kier molecular flexibility index (Phi) is 6.61. The summed E-state index contributed by atoms with van der Waals surface area (Å²) in [5.74, 6) is -0.225. The summed E-state index contributed by atoms with van der Waals surface area (Å²) in [6.07, 6.45) is 7.46. The van der Waals surface area contributed by atoms with Crippen LogP contribution in [0.2, 0.25) is 0 Å². The molecule has 0 bridgehead atoms. The molecule has 0 N–H and O–H groups in total. The molecule has 1 saturated carbocycles. The normalized spacial score (nSPS) is 18.3. The number of carboxylic acids is 1. The summed E-state index contributed by atoms with van der Waals surface area (Å²) in [4.78, 5) is 10.1. The third-order valence-electron chi connectivity index (χ3n) is 2.48. The predicted octanol–water partition coefficient (Wildman–Crippen LogP) is -1.90. The Hall–Kier alpha value is 0.0674. The summed E-state index contributed by atoms with van der Waals surface area (Å²) in [6, 6.07) is 0. The molecule has 1 aliphatic rings. The van der Waals surface area contributed by atoms with E-state index in [2.05, 4.69) is 0 Å². The van der Waals surface area contributed by atoms with Crippen molar-refractivity contribution in [2.45, 2.75) is 44.9 Å². The van der Waals surface area contributed by atoms with Crippen LogP contribution in [0.5, 0.6) is 0 Å². The second-order valence-electron chi connectivity index (χ2n) is 3.41. The van der Waals surface area contributed by atoms with Crippen LogP contribution >= 0.6 is 0 Å². The SMILES string of the molecule is O=C([O-])CCC1CCCCC1.[Li+]. The van der Waals surface area contributed by atoms with E-state index < -0.39 is 5.97 Å². The molecule has 3 heteroatoms. The first-order chi connectivity index (χ1) is 5.29. The zero-order valence-corrected chi connectivity index (χ0v) is 7.84. The number of aliphatic carboxylic acids is 1. The summed E-state index contributed by atoms with van der Waals surface area (Å²) in [6.45, 7) is 0. The van der Waals surface area contributed by atoms with E-state index >= 15 is 0 Å². The molecule has 12 heavy (non-hydrogen) atoms. The zero-order chi connectivity index (χ0) is 8.10. The Morgan fingerprint density at radius 2 is 1.83 bits per heavy atom. The average molecular weight is 162 g/mol. The molecule has 0 aliphatic heterocycles. The van der Waals surface area contributed by atoms with Crippen molar-refractivity contribution in [2.75, 3.05) is 0 Å². The number of carbonyl (C=O) groups excluding carboxylic acids is 1. The summed E-state index contributed by atoms with van der Waals surface area (Å²) in [5, 5.41) is 10.1. The molecule has 1 fully saturated rings. The van der Waals surface area contributed by atoms with Gasteiger partial charge in [0.05, 0.1) is 0 Å². The van der Waals surface area contributed by atoms with Crippen molar-refractivity contribution in [1.82, 2.24) is 0 Å². The number of carbonyl (C=O) groups is 1. The van der Waals surface area contributed by atoms with Crippen LogP contribution in [0, 0.1) is 5.92 Å². The van der Waals surface area contributed by atoms with Crippen molar-refractivity contribution in [2.24, 2.45) is 5.92 Å². The number of hydrogen-bond donors (Lipinski definition) is 0. The van der Waals surface area contributed by atoms with Crippen LogP contribution in [-0.2, 0) is 4.79 Å². The second-order valence-corrected chi connectivity index (χ2v) is 3.41. The Labute approximate surface area is 85.9 Å². The van der Waals surface area contributed by atoms with Crippen LogP contribution in [0.15, 0.2) is 0 Å². The van der Waals surface area contributed by atoms with Gasteiger partial charge >= 0.3 is 18.9 Å². The van der Waals surface area contributed by atoms with E-state index in [1.807, 2.05) is 0 Å². The molecular weight excluding hydrogens is 147 g/mol. The minimum absolute atomic E-state index is 0. The van der Waals surface area contributed by atoms with Crippen molar-refractivity contribution < 1.29 is 28.8 Å². The van der Waals surface area contributed by atoms with E-state index in [1.54, 1.807) is 0 Å². The topological polar surface area (TPSA) is 40.1 Å². The summed E-state index contributed by atoms with van der Waals surface area (Å²) >= 11 is 0. The fourth-order valence-corrected chi connectivity index (χ4v) is 1.80. The van der Waals surface area contributed by atoms with Crippen LogP contribution in [0.1, 0.15) is 44.9 Å². The van der Waals surface area contributed by atoms with Gasteiger partial charge in [-0.3, -0.25) is 0 Å². The molecule has 0 amide bonds. The van der Waals surface area contributed by atoms with Gasteiger partial charge in [0.2, 0.25) is 0 Å². The van der Waals surface area contributed by atoms with Crippen molar-refractivity contribution >= 4 is 5.97 Å². The fourth-order valence-electron chi connectivity index (χ4n) is 1.80. The molecule has 0 saturated heterocycles. The van der Waals surface area contributed by atoms with Crippen LogP contribution < -0.4 is 24.0 Å². The van der Waals surface area contributed by atoms with Gasteiger partial charge in [0.25, 0.3) is 0 Å². The summed E-state index contributed by atoms with van der Waals surface area (Å²) in [7, 11) is 0. The van der Waals surface area contributed by atoms with Crippen molar-refractivity contribution in [3.8, 4) is 0 Å². The van der Waals surface area contributed by atoms with Gasteiger partial charge in [0.1, 0.15) is 0 Å². The smallest absolute Gasteiger partial charge is 0.550 e. The van der Waals surface area contributed by atoms with Crippen LogP contribution in [0.4, 0.5) is 0 Å². The molecule has 0 unspecified atom stereocenters. The van der Waals surface area contributed by atoms with E-state index in [4.69, 9.17) is 0 Å². The molecule has 0 atom stereocenters. The number of rotatable bonds is 3. The van der Waals surface area contributed by atoms with Gasteiger partial charge in [-0.15, -0.1) is 0 Å². The molecule has 2 nitrogen and oxygen atoms in total. The molecule has 1 rings (SSSR count). The van der Waals surface area contributed by atoms with Gasteiger partial charge < -0.3 is 9.90 Å². The van der Waals surface area contributed by atoms with Gasteiger partial charge in [-0.1, -0.05) is 32.1 Å². The van der Waals surface area contributed by atoms with Crippen LogP contribution in [0.3, 0.4) is 0 Å². The molecule has 0 heterocycles. The first kappa shape index (κ1) is 12.1. The fraction of sp³-hybridized carbons (Fsp3) is 0.889. The first-order valence-electron chi connectivity index (χ1n) is 4.49.